The first-order valence-corrected chi connectivity index (χ1v) is 4.14. The highest BCUT2D eigenvalue weighted by Gasteiger charge is 1.96. The van der Waals surface area contributed by atoms with Crippen LogP contribution in [0, 0.1) is 5.92 Å². The third kappa shape index (κ3) is 4.57. The molecule has 0 saturated heterocycles. The summed E-state index contributed by atoms with van der Waals surface area (Å²) in [5.41, 5.74) is 5.56. The minimum Gasteiger partial charge on any atom is -0.325 e. The average Bonchev–Trinajstić information content (AvgIpc) is 1.90. The van der Waals surface area contributed by atoms with Crippen molar-refractivity contribution in [3.8, 4) is 0 Å². The fourth-order valence-corrected chi connectivity index (χ4v) is 0.893. The van der Waals surface area contributed by atoms with E-state index in [1.165, 1.54) is 12.8 Å². The molecule has 2 N–H and O–H groups in total. The molecular formula is C9H19N. The van der Waals surface area contributed by atoms with E-state index in [-0.39, 0.29) is 6.04 Å². The van der Waals surface area contributed by atoms with Crippen molar-refractivity contribution < 1.29 is 0 Å². The highest BCUT2D eigenvalue weighted by molar-refractivity contribution is 4.92. The summed E-state index contributed by atoms with van der Waals surface area (Å²) in [6.07, 6.45) is 6.75. The van der Waals surface area contributed by atoms with Gasteiger partial charge in [0.25, 0.3) is 0 Å². The maximum absolute atomic E-state index is 5.56. The number of rotatable bonds is 4. The molecule has 0 rings (SSSR count). The Morgan fingerprint density at radius 2 is 1.70 bits per heavy atom. The predicted octanol–water partition coefficient (Wildman–Crippen LogP) is 2.33. The van der Waals surface area contributed by atoms with Crippen molar-refractivity contribution in [3.63, 3.8) is 0 Å². The van der Waals surface area contributed by atoms with Gasteiger partial charge in [0, 0.05) is 6.04 Å². The zero-order valence-corrected chi connectivity index (χ0v) is 7.30. The smallest absolute Gasteiger partial charge is 0.0194 e. The second kappa shape index (κ2) is 5.48. The van der Waals surface area contributed by atoms with E-state index in [4.69, 9.17) is 5.73 Å². The van der Waals surface area contributed by atoms with Crippen LogP contribution in [0.1, 0.15) is 33.6 Å². The fourth-order valence-electron chi connectivity index (χ4n) is 0.893. The van der Waals surface area contributed by atoms with E-state index in [2.05, 4.69) is 26.0 Å². The monoisotopic (exact) mass is 141 g/mol. The summed E-state index contributed by atoms with van der Waals surface area (Å²) in [6.45, 7) is 6.41. The molecule has 1 atom stereocenters. The van der Waals surface area contributed by atoms with Gasteiger partial charge < -0.3 is 5.73 Å². The van der Waals surface area contributed by atoms with Crippen LogP contribution >= 0.6 is 0 Å². The summed E-state index contributed by atoms with van der Waals surface area (Å²) >= 11 is 0. The molecule has 1 heteroatoms. The summed E-state index contributed by atoms with van der Waals surface area (Å²) in [5.74, 6) is 0.728. The Hall–Kier alpha value is -0.300. The normalized spacial score (nSPS) is 14.9. The quantitative estimate of drug-likeness (QED) is 0.597. The van der Waals surface area contributed by atoms with Crippen LogP contribution in [0.5, 0.6) is 0 Å². The van der Waals surface area contributed by atoms with Gasteiger partial charge in [-0.1, -0.05) is 26.0 Å². The van der Waals surface area contributed by atoms with Crippen LogP contribution in [-0.4, -0.2) is 6.04 Å². The molecule has 0 radical (unpaired) electrons. The molecule has 0 aliphatic rings. The topological polar surface area (TPSA) is 26.0 Å². The van der Waals surface area contributed by atoms with E-state index in [0.29, 0.717) is 0 Å². The fraction of sp³-hybridized carbons (Fsp3) is 0.778. The lowest BCUT2D eigenvalue weighted by atomic mass is 10.0. The molecule has 0 fully saturated rings. The lowest BCUT2D eigenvalue weighted by Gasteiger charge is -2.05. The van der Waals surface area contributed by atoms with E-state index >= 15 is 0 Å². The third-order valence-electron chi connectivity index (χ3n) is 1.74. The molecule has 0 bridgehead atoms. The Morgan fingerprint density at radius 1 is 1.20 bits per heavy atom. The minimum absolute atomic E-state index is 0.209. The first-order chi connectivity index (χ1) is 4.70. The van der Waals surface area contributed by atoms with Crippen LogP contribution in [0.3, 0.4) is 0 Å². The van der Waals surface area contributed by atoms with Crippen molar-refractivity contribution in [3.05, 3.63) is 12.2 Å². The Balaban J connectivity index is 3.61. The SMILES string of the molecule is CCC(/C=C/C(C)N)CC. The second-order valence-corrected chi connectivity index (χ2v) is 2.82. The predicted molar refractivity (Wildman–Crippen MR) is 46.9 cm³/mol. The summed E-state index contributed by atoms with van der Waals surface area (Å²) in [5, 5.41) is 0. The standard InChI is InChI=1S/C9H19N/c1-4-9(5-2)7-6-8(3)10/h6-9H,4-5,10H2,1-3H3/b7-6+. The van der Waals surface area contributed by atoms with Gasteiger partial charge in [0.1, 0.15) is 0 Å². The van der Waals surface area contributed by atoms with Gasteiger partial charge in [-0.3, -0.25) is 0 Å². The molecule has 0 amide bonds. The second-order valence-electron chi connectivity index (χ2n) is 2.82. The Bertz CT molecular complexity index is 90.9. The van der Waals surface area contributed by atoms with Gasteiger partial charge in [-0.25, -0.2) is 0 Å². The van der Waals surface area contributed by atoms with Crippen LogP contribution < -0.4 is 5.73 Å². The Morgan fingerprint density at radius 3 is 2.00 bits per heavy atom. The van der Waals surface area contributed by atoms with Gasteiger partial charge >= 0.3 is 0 Å². The number of nitrogens with two attached hydrogens (primary N) is 1. The summed E-state index contributed by atoms with van der Waals surface area (Å²) in [4.78, 5) is 0. The molecule has 0 aromatic carbocycles. The molecule has 0 aliphatic carbocycles. The maximum atomic E-state index is 5.56. The first kappa shape index (κ1) is 9.70. The highest BCUT2D eigenvalue weighted by atomic mass is 14.6. The van der Waals surface area contributed by atoms with Crippen molar-refractivity contribution in [2.24, 2.45) is 11.7 Å². The molecule has 1 unspecified atom stereocenters. The number of hydrogen-bond donors (Lipinski definition) is 1. The van der Waals surface area contributed by atoms with Crippen molar-refractivity contribution in [1.29, 1.82) is 0 Å². The van der Waals surface area contributed by atoms with Crippen molar-refractivity contribution >= 4 is 0 Å². The molecule has 0 aromatic rings. The van der Waals surface area contributed by atoms with Gasteiger partial charge in [0.2, 0.25) is 0 Å². The zero-order chi connectivity index (χ0) is 7.98. The molecule has 0 aliphatic heterocycles. The van der Waals surface area contributed by atoms with E-state index in [1.54, 1.807) is 0 Å². The molecule has 60 valence electrons. The molecule has 0 saturated carbocycles. The summed E-state index contributed by atoms with van der Waals surface area (Å²) in [6, 6.07) is 0.209. The molecule has 10 heavy (non-hydrogen) atoms. The van der Waals surface area contributed by atoms with Crippen molar-refractivity contribution in [1.82, 2.24) is 0 Å². The van der Waals surface area contributed by atoms with Crippen LogP contribution in [0.25, 0.3) is 0 Å². The zero-order valence-electron chi connectivity index (χ0n) is 7.30. The average molecular weight is 141 g/mol. The molecular weight excluding hydrogens is 122 g/mol. The Kier molecular flexibility index (Phi) is 5.32. The number of hydrogen-bond acceptors (Lipinski definition) is 1. The minimum atomic E-state index is 0.209. The van der Waals surface area contributed by atoms with E-state index < -0.39 is 0 Å². The highest BCUT2D eigenvalue weighted by Crippen LogP contribution is 2.08. The first-order valence-electron chi connectivity index (χ1n) is 4.14. The van der Waals surface area contributed by atoms with Crippen LogP contribution in [0.15, 0.2) is 12.2 Å². The molecule has 0 heterocycles. The summed E-state index contributed by atoms with van der Waals surface area (Å²) in [7, 11) is 0. The van der Waals surface area contributed by atoms with E-state index in [9.17, 15) is 0 Å². The maximum Gasteiger partial charge on any atom is 0.0194 e. The lowest BCUT2D eigenvalue weighted by Crippen LogP contribution is -2.11. The van der Waals surface area contributed by atoms with E-state index in [0.717, 1.165) is 5.92 Å². The van der Waals surface area contributed by atoms with Crippen LogP contribution in [0.4, 0.5) is 0 Å². The molecule has 0 aromatic heterocycles. The van der Waals surface area contributed by atoms with Crippen molar-refractivity contribution in [2.75, 3.05) is 0 Å². The van der Waals surface area contributed by atoms with Crippen molar-refractivity contribution in [2.45, 2.75) is 39.7 Å². The lowest BCUT2D eigenvalue weighted by molar-refractivity contribution is 0.603. The number of allylic oxidation sites excluding steroid dienone is 1. The van der Waals surface area contributed by atoms with Gasteiger partial charge in [-0.15, -0.1) is 0 Å². The summed E-state index contributed by atoms with van der Waals surface area (Å²) < 4.78 is 0. The van der Waals surface area contributed by atoms with Crippen LogP contribution in [0.2, 0.25) is 0 Å². The molecule has 1 nitrogen and oxygen atoms in total. The van der Waals surface area contributed by atoms with Gasteiger partial charge in [-0.05, 0) is 25.7 Å². The Labute approximate surface area is 64.3 Å². The van der Waals surface area contributed by atoms with E-state index in [1.807, 2.05) is 6.92 Å². The van der Waals surface area contributed by atoms with Crippen LogP contribution in [-0.2, 0) is 0 Å². The largest absolute Gasteiger partial charge is 0.325 e. The third-order valence-corrected chi connectivity index (χ3v) is 1.74. The van der Waals surface area contributed by atoms with Gasteiger partial charge in [0.05, 0.1) is 0 Å². The van der Waals surface area contributed by atoms with Gasteiger partial charge in [0.15, 0.2) is 0 Å². The van der Waals surface area contributed by atoms with Gasteiger partial charge in [-0.2, -0.15) is 0 Å². The molecule has 0 spiro atoms.